The van der Waals surface area contributed by atoms with Crippen molar-refractivity contribution in [1.82, 2.24) is 10.3 Å². The number of benzene rings is 2. The van der Waals surface area contributed by atoms with E-state index in [1.165, 1.54) is 36.0 Å². The first-order valence-electron chi connectivity index (χ1n) is 9.43. The number of carbonyl (C=O) groups excluding carboxylic acids is 3. The van der Waals surface area contributed by atoms with Crippen LogP contribution in [0.4, 0.5) is 5.13 Å². The van der Waals surface area contributed by atoms with Gasteiger partial charge in [0.15, 0.2) is 5.13 Å². The molecule has 8 heteroatoms. The summed E-state index contributed by atoms with van der Waals surface area (Å²) in [4.78, 5) is 38.9. The van der Waals surface area contributed by atoms with Crippen LogP contribution < -0.4 is 16.4 Å². The monoisotopic (exact) mass is 422 g/mol. The molecule has 1 heterocycles. The van der Waals surface area contributed by atoms with Gasteiger partial charge in [0, 0.05) is 35.5 Å². The van der Waals surface area contributed by atoms with Gasteiger partial charge in [-0.2, -0.15) is 0 Å². The van der Waals surface area contributed by atoms with E-state index < -0.39 is 5.91 Å². The first kappa shape index (κ1) is 21.2. The van der Waals surface area contributed by atoms with Gasteiger partial charge in [0.1, 0.15) is 0 Å². The van der Waals surface area contributed by atoms with E-state index in [0.717, 1.165) is 24.1 Å². The number of amides is 3. The third kappa shape index (κ3) is 5.74. The van der Waals surface area contributed by atoms with Crippen molar-refractivity contribution in [3.05, 3.63) is 70.6 Å². The van der Waals surface area contributed by atoms with E-state index in [1.807, 2.05) is 29.6 Å². The van der Waals surface area contributed by atoms with Gasteiger partial charge in [-0.05, 0) is 42.7 Å². The first-order valence-corrected chi connectivity index (χ1v) is 10.3. The molecule has 0 saturated heterocycles. The predicted octanol–water partition coefficient (Wildman–Crippen LogP) is 3.23. The summed E-state index contributed by atoms with van der Waals surface area (Å²) >= 11 is 1.34. The van der Waals surface area contributed by atoms with Crippen LogP contribution in [0.5, 0.6) is 0 Å². The molecule has 4 N–H and O–H groups in total. The minimum absolute atomic E-state index is 0.0144. The Hall–Kier alpha value is -3.52. The molecule has 154 valence electrons. The van der Waals surface area contributed by atoms with Crippen LogP contribution >= 0.6 is 11.3 Å². The predicted molar refractivity (Wildman–Crippen MR) is 117 cm³/mol. The number of aryl methyl sites for hydroxylation is 1. The zero-order valence-electron chi connectivity index (χ0n) is 16.5. The minimum atomic E-state index is -0.537. The van der Waals surface area contributed by atoms with Gasteiger partial charge in [-0.1, -0.05) is 24.3 Å². The Labute approximate surface area is 178 Å². The van der Waals surface area contributed by atoms with Crippen molar-refractivity contribution < 1.29 is 14.4 Å². The molecule has 7 nitrogen and oxygen atoms in total. The van der Waals surface area contributed by atoms with Crippen LogP contribution in [0.1, 0.15) is 39.6 Å². The molecular weight excluding hydrogens is 400 g/mol. The Morgan fingerprint density at radius 2 is 1.67 bits per heavy atom. The number of thiazole rings is 1. The van der Waals surface area contributed by atoms with Crippen LogP contribution in [0, 0.1) is 0 Å². The molecule has 3 amide bonds. The summed E-state index contributed by atoms with van der Waals surface area (Å²) < 4.78 is 0. The highest BCUT2D eigenvalue weighted by Crippen LogP contribution is 2.25. The van der Waals surface area contributed by atoms with E-state index in [0.29, 0.717) is 22.8 Å². The number of nitrogens with two attached hydrogens (primary N) is 1. The summed E-state index contributed by atoms with van der Waals surface area (Å²) in [5.41, 5.74) is 8.90. The molecule has 1 aromatic heterocycles. The van der Waals surface area contributed by atoms with Crippen LogP contribution in [0.2, 0.25) is 0 Å². The van der Waals surface area contributed by atoms with Crippen LogP contribution in [-0.2, 0) is 11.2 Å². The summed E-state index contributed by atoms with van der Waals surface area (Å²) in [6, 6.07) is 14.2. The topological polar surface area (TPSA) is 114 Å². The number of primary amides is 1. The van der Waals surface area contributed by atoms with Crippen LogP contribution in [0.15, 0.2) is 53.9 Å². The molecule has 0 aliphatic heterocycles. The molecule has 0 spiro atoms. The van der Waals surface area contributed by atoms with Crippen LogP contribution in [-0.4, -0.2) is 29.3 Å². The fraction of sp³-hybridized carbons (Fsp3) is 0.182. The Balaban J connectivity index is 1.58. The minimum Gasteiger partial charge on any atom is -0.366 e. The summed E-state index contributed by atoms with van der Waals surface area (Å²) in [6.45, 7) is 2.18. The first-order chi connectivity index (χ1) is 14.4. The lowest BCUT2D eigenvalue weighted by atomic mass is 10.1. The molecule has 0 fully saturated rings. The summed E-state index contributed by atoms with van der Waals surface area (Å²) in [7, 11) is 0. The Kier molecular flexibility index (Phi) is 6.92. The number of nitrogens with zero attached hydrogens (tertiary/aromatic N) is 1. The fourth-order valence-electron chi connectivity index (χ4n) is 2.82. The molecular formula is C22H22N4O3S. The van der Waals surface area contributed by atoms with Gasteiger partial charge in [0.05, 0.1) is 5.69 Å². The Bertz CT molecular complexity index is 1040. The number of aromatic nitrogens is 1. The van der Waals surface area contributed by atoms with Crippen molar-refractivity contribution in [3.8, 4) is 11.3 Å². The second-order valence-electron chi connectivity index (χ2n) is 6.72. The number of nitrogens with one attached hydrogen (secondary N) is 2. The SMILES string of the molecule is CC(=O)NCCCc1ccc(-c2csc(NC(=O)c3ccc(C(N)=O)cc3)n2)cc1. The van der Waals surface area contributed by atoms with Gasteiger partial charge in [-0.3, -0.25) is 19.7 Å². The molecule has 0 atom stereocenters. The maximum atomic E-state index is 12.4. The number of anilines is 1. The lowest BCUT2D eigenvalue weighted by Gasteiger charge is -2.04. The number of carbonyl (C=O) groups is 3. The third-order valence-electron chi connectivity index (χ3n) is 4.42. The van der Waals surface area contributed by atoms with Gasteiger partial charge in [-0.15, -0.1) is 11.3 Å². The van der Waals surface area contributed by atoms with Crippen molar-refractivity contribution in [2.24, 2.45) is 5.73 Å². The molecule has 2 aromatic carbocycles. The van der Waals surface area contributed by atoms with Crippen LogP contribution in [0.3, 0.4) is 0 Å². The van der Waals surface area contributed by atoms with Crippen molar-refractivity contribution in [2.45, 2.75) is 19.8 Å². The van der Waals surface area contributed by atoms with E-state index in [9.17, 15) is 14.4 Å². The third-order valence-corrected chi connectivity index (χ3v) is 5.18. The highest BCUT2D eigenvalue weighted by atomic mass is 32.1. The summed E-state index contributed by atoms with van der Waals surface area (Å²) in [5, 5.41) is 7.94. The zero-order valence-corrected chi connectivity index (χ0v) is 17.3. The normalized spacial score (nSPS) is 10.4. The van der Waals surface area contributed by atoms with E-state index in [4.69, 9.17) is 5.73 Å². The lowest BCUT2D eigenvalue weighted by Crippen LogP contribution is -2.21. The van der Waals surface area contributed by atoms with E-state index in [1.54, 1.807) is 12.1 Å². The Morgan fingerprint density at radius 3 is 2.30 bits per heavy atom. The largest absolute Gasteiger partial charge is 0.366 e. The molecule has 0 aliphatic carbocycles. The van der Waals surface area contributed by atoms with Crippen molar-refractivity contribution >= 4 is 34.2 Å². The van der Waals surface area contributed by atoms with Crippen molar-refractivity contribution in [3.63, 3.8) is 0 Å². The molecule has 3 aromatic rings. The molecule has 30 heavy (non-hydrogen) atoms. The van der Waals surface area contributed by atoms with Gasteiger partial charge >= 0.3 is 0 Å². The van der Waals surface area contributed by atoms with E-state index in [-0.39, 0.29) is 11.8 Å². The van der Waals surface area contributed by atoms with Crippen molar-refractivity contribution in [1.29, 1.82) is 0 Å². The maximum Gasteiger partial charge on any atom is 0.257 e. The van der Waals surface area contributed by atoms with E-state index in [2.05, 4.69) is 15.6 Å². The van der Waals surface area contributed by atoms with Crippen molar-refractivity contribution in [2.75, 3.05) is 11.9 Å². The number of hydrogen-bond acceptors (Lipinski definition) is 5. The second kappa shape index (κ2) is 9.80. The highest BCUT2D eigenvalue weighted by molar-refractivity contribution is 7.14. The smallest absolute Gasteiger partial charge is 0.257 e. The maximum absolute atomic E-state index is 12.4. The summed E-state index contributed by atoms with van der Waals surface area (Å²) in [5.74, 6) is -0.855. The molecule has 0 aliphatic rings. The van der Waals surface area contributed by atoms with Gasteiger partial charge in [0.25, 0.3) is 5.91 Å². The lowest BCUT2D eigenvalue weighted by molar-refractivity contribution is -0.118. The molecule has 0 radical (unpaired) electrons. The quantitative estimate of drug-likeness (QED) is 0.484. The van der Waals surface area contributed by atoms with Gasteiger partial charge < -0.3 is 11.1 Å². The van der Waals surface area contributed by atoms with E-state index >= 15 is 0 Å². The molecule has 0 saturated carbocycles. The zero-order chi connectivity index (χ0) is 21.5. The number of hydrogen-bond donors (Lipinski definition) is 3. The van der Waals surface area contributed by atoms with Crippen LogP contribution in [0.25, 0.3) is 11.3 Å². The summed E-state index contributed by atoms with van der Waals surface area (Å²) in [6.07, 6.45) is 1.76. The molecule has 3 rings (SSSR count). The fourth-order valence-corrected chi connectivity index (χ4v) is 3.53. The Morgan fingerprint density at radius 1 is 1.00 bits per heavy atom. The van der Waals surface area contributed by atoms with Gasteiger partial charge in [0.2, 0.25) is 11.8 Å². The molecule has 0 bridgehead atoms. The highest BCUT2D eigenvalue weighted by Gasteiger charge is 2.11. The second-order valence-corrected chi connectivity index (χ2v) is 7.58. The average molecular weight is 423 g/mol. The number of rotatable bonds is 8. The average Bonchev–Trinajstić information content (AvgIpc) is 3.20. The standard InChI is InChI=1S/C22H22N4O3S/c1-14(27)24-12-2-3-15-4-6-16(7-5-15)19-13-30-22(25-19)26-21(29)18-10-8-17(9-11-18)20(23)28/h4-11,13H,2-3,12H2,1H3,(H2,23,28)(H,24,27)(H,25,26,29). The molecule has 0 unspecified atom stereocenters. The van der Waals surface area contributed by atoms with Gasteiger partial charge in [-0.25, -0.2) is 4.98 Å².